The Balaban J connectivity index is 1.55. The van der Waals surface area contributed by atoms with E-state index in [9.17, 15) is 4.79 Å². The topological polar surface area (TPSA) is 47.4 Å². The number of carbonyl (C=O) groups is 1. The van der Waals surface area contributed by atoms with Crippen LogP contribution in [0.2, 0.25) is 0 Å². The molecule has 5 nitrogen and oxygen atoms in total. The molecule has 1 heterocycles. The van der Waals surface area contributed by atoms with E-state index in [1.807, 2.05) is 71.6 Å². The molecule has 0 radical (unpaired) electrons. The Morgan fingerprint density at radius 1 is 0.935 bits per heavy atom. The number of rotatable bonds is 9. The van der Waals surface area contributed by atoms with Gasteiger partial charge < -0.3 is 9.64 Å². The highest BCUT2D eigenvalue weighted by Crippen LogP contribution is 2.22. The molecule has 31 heavy (non-hydrogen) atoms. The van der Waals surface area contributed by atoms with Crippen LogP contribution < -0.4 is 0 Å². The van der Waals surface area contributed by atoms with Gasteiger partial charge >= 0.3 is 0 Å². The van der Waals surface area contributed by atoms with Crippen molar-refractivity contribution in [3.8, 4) is 5.69 Å². The van der Waals surface area contributed by atoms with Crippen LogP contribution in [0, 0.1) is 0 Å². The lowest BCUT2D eigenvalue weighted by Crippen LogP contribution is -2.33. The minimum atomic E-state index is 0.104. The number of carbonyl (C=O) groups excluding carboxylic acids is 1. The lowest BCUT2D eigenvalue weighted by Gasteiger charge is -2.22. The van der Waals surface area contributed by atoms with Crippen LogP contribution >= 0.6 is 0 Å². The molecule has 5 heteroatoms. The molecule has 0 saturated heterocycles. The highest BCUT2D eigenvalue weighted by molar-refractivity contribution is 5.79. The average Bonchev–Trinajstić information content (AvgIpc) is 3.20. The van der Waals surface area contributed by atoms with Gasteiger partial charge in [0.1, 0.15) is 5.82 Å². The van der Waals surface area contributed by atoms with Crippen molar-refractivity contribution in [1.82, 2.24) is 14.5 Å². The molecule has 0 N–H and O–H groups in total. The molecule has 0 saturated carbocycles. The van der Waals surface area contributed by atoms with Gasteiger partial charge in [-0.25, -0.2) is 4.98 Å². The molecule has 158 valence electrons. The predicted molar refractivity (Wildman–Crippen MR) is 123 cm³/mol. The molecule has 0 aliphatic heterocycles. The summed E-state index contributed by atoms with van der Waals surface area (Å²) in [7, 11) is 1.66. The largest absolute Gasteiger partial charge is 0.383 e. The number of ether oxygens (including phenoxy) is 1. The maximum Gasteiger partial charge on any atom is 0.223 e. The van der Waals surface area contributed by atoms with Crippen LogP contribution in [-0.2, 0) is 22.5 Å². The second-order valence-electron chi connectivity index (χ2n) is 7.48. The summed E-state index contributed by atoms with van der Waals surface area (Å²) in [5.41, 5.74) is 4.16. The smallest absolute Gasteiger partial charge is 0.223 e. The summed E-state index contributed by atoms with van der Waals surface area (Å²) in [5, 5.41) is 0. The number of nitrogens with zero attached hydrogens (tertiary/aromatic N) is 3. The van der Waals surface area contributed by atoms with Gasteiger partial charge in [0.15, 0.2) is 0 Å². The van der Waals surface area contributed by atoms with E-state index in [2.05, 4.69) is 22.8 Å². The van der Waals surface area contributed by atoms with Crippen molar-refractivity contribution in [2.24, 2.45) is 0 Å². The zero-order valence-corrected chi connectivity index (χ0v) is 17.8. The Morgan fingerprint density at radius 2 is 1.61 bits per heavy atom. The minimum Gasteiger partial charge on any atom is -0.383 e. The Bertz CT molecular complexity index is 1120. The highest BCUT2D eigenvalue weighted by atomic mass is 16.5. The number of benzene rings is 3. The van der Waals surface area contributed by atoms with Gasteiger partial charge in [0.2, 0.25) is 5.91 Å². The first-order valence-corrected chi connectivity index (χ1v) is 10.6. The number of aryl methyl sites for hydroxylation is 1. The van der Waals surface area contributed by atoms with Crippen molar-refractivity contribution in [2.75, 3.05) is 20.3 Å². The van der Waals surface area contributed by atoms with Crippen LogP contribution in [0.4, 0.5) is 0 Å². The van der Waals surface area contributed by atoms with E-state index in [1.54, 1.807) is 7.11 Å². The fourth-order valence-electron chi connectivity index (χ4n) is 3.78. The Kier molecular flexibility index (Phi) is 6.75. The average molecular weight is 414 g/mol. The normalized spacial score (nSPS) is 11.0. The standard InChI is InChI=1S/C26H27N3O2/c1-31-19-18-28(20-21-10-4-2-5-11-21)26(30)17-16-25-27-23-14-8-9-15-24(23)29(25)22-12-6-3-7-13-22/h2-15H,16-20H2,1H3. The van der Waals surface area contributed by atoms with E-state index in [4.69, 9.17) is 9.72 Å². The van der Waals surface area contributed by atoms with Gasteiger partial charge in [-0.05, 0) is 29.8 Å². The molecule has 4 aromatic rings. The van der Waals surface area contributed by atoms with Gasteiger partial charge in [0.25, 0.3) is 0 Å². The molecule has 0 aliphatic carbocycles. The highest BCUT2D eigenvalue weighted by Gasteiger charge is 2.17. The molecule has 1 amide bonds. The quantitative estimate of drug-likeness (QED) is 0.402. The van der Waals surface area contributed by atoms with Gasteiger partial charge in [0.05, 0.1) is 17.6 Å². The molecule has 3 aromatic carbocycles. The fourth-order valence-corrected chi connectivity index (χ4v) is 3.78. The van der Waals surface area contributed by atoms with E-state index in [-0.39, 0.29) is 5.91 Å². The van der Waals surface area contributed by atoms with Crippen LogP contribution in [-0.4, -0.2) is 40.6 Å². The molecule has 1 aromatic heterocycles. The van der Waals surface area contributed by atoms with Gasteiger partial charge in [-0.2, -0.15) is 0 Å². The third-order valence-electron chi connectivity index (χ3n) is 5.34. The molecular weight excluding hydrogens is 386 g/mol. The summed E-state index contributed by atoms with van der Waals surface area (Å²) >= 11 is 0. The zero-order chi connectivity index (χ0) is 21.5. The first kappa shape index (κ1) is 20.8. The van der Waals surface area contributed by atoms with E-state index in [0.717, 1.165) is 28.1 Å². The maximum atomic E-state index is 13.1. The second-order valence-corrected chi connectivity index (χ2v) is 7.48. The summed E-state index contributed by atoms with van der Waals surface area (Å²) in [6, 6.07) is 28.3. The maximum absolute atomic E-state index is 13.1. The van der Waals surface area contributed by atoms with Crippen LogP contribution in [0.3, 0.4) is 0 Å². The van der Waals surface area contributed by atoms with Gasteiger partial charge in [-0.15, -0.1) is 0 Å². The number of amides is 1. The lowest BCUT2D eigenvalue weighted by atomic mass is 10.2. The summed E-state index contributed by atoms with van der Waals surface area (Å²) < 4.78 is 7.38. The van der Waals surface area contributed by atoms with E-state index in [0.29, 0.717) is 32.5 Å². The molecule has 0 unspecified atom stereocenters. The third kappa shape index (κ3) is 5.01. The van der Waals surface area contributed by atoms with E-state index < -0.39 is 0 Å². The molecule has 0 bridgehead atoms. The summed E-state index contributed by atoms with van der Waals surface area (Å²) in [5.74, 6) is 1.000. The molecule has 0 atom stereocenters. The number of aromatic nitrogens is 2. The van der Waals surface area contributed by atoms with Crippen molar-refractivity contribution in [3.63, 3.8) is 0 Å². The zero-order valence-electron chi connectivity index (χ0n) is 17.8. The number of para-hydroxylation sites is 3. The number of methoxy groups -OCH3 is 1. The second kappa shape index (κ2) is 10.0. The predicted octanol–water partition coefficient (Wildman–Crippen LogP) is 4.63. The summed E-state index contributed by atoms with van der Waals surface area (Å²) in [6.07, 6.45) is 0.966. The van der Waals surface area contributed by atoms with Crippen molar-refractivity contribution in [1.29, 1.82) is 0 Å². The number of hydrogen-bond donors (Lipinski definition) is 0. The number of hydrogen-bond acceptors (Lipinski definition) is 3. The number of fused-ring (bicyclic) bond motifs is 1. The van der Waals surface area contributed by atoms with Gasteiger partial charge in [-0.3, -0.25) is 9.36 Å². The number of imidazole rings is 1. The Hall–Kier alpha value is -3.44. The van der Waals surface area contributed by atoms with Crippen molar-refractivity contribution >= 4 is 16.9 Å². The summed E-state index contributed by atoms with van der Waals surface area (Å²) in [4.78, 5) is 19.8. The van der Waals surface area contributed by atoms with Crippen LogP contribution in [0.5, 0.6) is 0 Å². The van der Waals surface area contributed by atoms with Crippen molar-refractivity contribution in [3.05, 3.63) is 96.3 Å². The van der Waals surface area contributed by atoms with Crippen molar-refractivity contribution < 1.29 is 9.53 Å². The fraction of sp³-hybridized carbons (Fsp3) is 0.231. The summed E-state index contributed by atoms with van der Waals surface area (Å²) in [6.45, 7) is 1.67. The third-order valence-corrected chi connectivity index (χ3v) is 5.34. The first-order chi connectivity index (χ1) is 15.3. The van der Waals surface area contributed by atoms with Gasteiger partial charge in [0, 0.05) is 38.7 Å². The SMILES string of the molecule is COCCN(Cc1ccccc1)C(=O)CCc1nc2ccccc2n1-c1ccccc1. The molecule has 0 aliphatic rings. The van der Waals surface area contributed by atoms with Crippen LogP contribution in [0.1, 0.15) is 17.8 Å². The van der Waals surface area contributed by atoms with E-state index >= 15 is 0 Å². The van der Waals surface area contributed by atoms with Crippen LogP contribution in [0.25, 0.3) is 16.7 Å². The van der Waals surface area contributed by atoms with E-state index in [1.165, 1.54) is 0 Å². The van der Waals surface area contributed by atoms with Crippen molar-refractivity contribution in [2.45, 2.75) is 19.4 Å². The first-order valence-electron chi connectivity index (χ1n) is 10.6. The molecule has 0 fully saturated rings. The lowest BCUT2D eigenvalue weighted by molar-refractivity contribution is -0.132. The minimum absolute atomic E-state index is 0.104. The molecular formula is C26H27N3O2. The van der Waals surface area contributed by atoms with Gasteiger partial charge in [-0.1, -0.05) is 60.7 Å². The molecule has 0 spiro atoms. The molecule has 4 rings (SSSR count). The Morgan fingerprint density at radius 3 is 2.35 bits per heavy atom. The monoisotopic (exact) mass is 413 g/mol. The Labute approximate surface area is 182 Å². The van der Waals surface area contributed by atoms with Crippen LogP contribution in [0.15, 0.2) is 84.9 Å².